The maximum Gasteiger partial charge on any atom is 0.273 e. The smallest absolute Gasteiger partial charge is 0.273 e. The Labute approximate surface area is 194 Å². The molecule has 2 aromatic carbocycles. The van der Waals surface area contributed by atoms with E-state index in [0.717, 1.165) is 17.0 Å². The van der Waals surface area contributed by atoms with E-state index in [9.17, 15) is 13.2 Å². The second-order valence-electron chi connectivity index (χ2n) is 6.81. The molecule has 1 saturated heterocycles. The predicted octanol–water partition coefficient (Wildman–Crippen LogP) is 4.21. The van der Waals surface area contributed by atoms with Crippen molar-refractivity contribution in [1.29, 1.82) is 0 Å². The van der Waals surface area contributed by atoms with Gasteiger partial charge in [-0.15, -0.1) is 11.3 Å². The maximum atomic E-state index is 12.8. The number of carbonyl (C=O) groups excluding carboxylic acids is 1. The van der Waals surface area contributed by atoms with Gasteiger partial charge in [0.25, 0.3) is 15.9 Å². The van der Waals surface area contributed by atoms with Crippen LogP contribution in [0.25, 0.3) is 0 Å². The van der Waals surface area contributed by atoms with Crippen LogP contribution in [0, 0.1) is 0 Å². The summed E-state index contributed by atoms with van der Waals surface area (Å²) in [5.41, 5.74) is 1.05. The summed E-state index contributed by atoms with van der Waals surface area (Å²) in [6.07, 6.45) is 0. The Morgan fingerprint density at radius 3 is 2.42 bits per heavy atom. The van der Waals surface area contributed by atoms with Crippen LogP contribution in [0.15, 0.2) is 58.8 Å². The summed E-state index contributed by atoms with van der Waals surface area (Å²) in [7, 11) is -3.75. The number of thiazole rings is 1. The summed E-state index contributed by atoms with van der Waals surface area (Å²) in [6.45, 7) is 2.18. The van der Waals surface area contributed by atoms with E-state index < -0.39 is 10.0 Å². The van der Waals surface area contributed by atoms with Gasteiger partial charge in [0.1, 0.15) is 5.69 Å². The normalized spacial score (nSPS) is 14.5. The lowest BCUT2D eigenvalue weighted by Crippen LogP contribution is -2.49. The highest BCUT2D eigenvalue weighted by atomic mass is 35.5. The molecule has 0 radical (unpaired) electrons. The largest absolute Gasteiger partial charge is 0.367 e. The van der Waals surface area contributed by atoms with Gasteiger partial charge in [-0.1, -0.05) is 47.5 Å². The van der Waals surface area contributed by atoms with Gasteiger partial charge in [0, 0.05) is 31.6 Å². The number of piperazine rings is 1. The Balaban J connectivity index is 1.40. The van der Waals surface area contributed by atoms with Crippen molar-refractivity contribution in [2.75, 3.05) is 35.8 Å². The number of hydrogen-bond acceptors (Lipinski definition) is 6. The van der Waals surface area contributed by atoms with Crippen LogP contribution in [-0.2, 0) is 10.0 Å². The van der Waals surface area contributed by atoms with E-state index in [0.29, 0.717) is 36.2 Å². The van der Waals surface area contributed by atoms with Crippen molar-refractivity contribution >= 4 is 61.3 Å². The van der Waals surface area contributed by atoms with E-state index >= 15 is 0 Å². The van der Waals surface area contributed by atoms with Crippen molar-refractivity contribution in [1.82, 2.24) is 9.88 Å². The second kappa shape index (κ2) is 9.04. The lowest BCUT2D eigenvalue weighted by atomic mass is 10.2. The quantitative estimate of drug-likeness (QED) is 0.571. The summed E-state index contributed by atoms with van der Waals surface area (Å²) >= 11 is 13.5. The first kappa shape index (κ1) is 21.9. The van der Waals surface area contributed by atoms with Crippen molar-refractivity contribution in [2.24, 2.45) is 0 Å². The number of nitrogens with zero attached hydrogens (tertiary/aromatic N) is 3. The Kier molecular flexibility index (Phi) is 6.38. The molecule has 0 atom stereocenters. The fraction of sp³-hybridized carbons (Fsp3) is 0.200. The first-order chi connectivity index (χ1) is 14.8. The molecule has 2 heterocycles. The third-order valence-corrected chi connectivity index (χ3v) is 7.89. The highest BCUT2D eigenvalue weighted by Gasteiger charge is 2.26. The zero-order valence-electron chi connectivity index (χ0n) is 16.2. The molecular weight excluding hydrogens is 479 g/mol. The molecule has 1 amide bonds. The minimum Gasteiger partial charge on any atom is -0.367 e. The summed E-state index contributed by atoms with van der Waals surface area (Å²) in [6, 6.07) is 13.5. The SMILES string of the molecule is O=C(c1csc(NS(=O)(=O)c2ccccc2)n1)N1CCN(c2cccc(Cl)c2Cl)CC1. The minimum atomic E-state index is -3.75. The molecule has 0 saturated carbocycles. The molecule has 1 aliphatic heterocycles. The first-order valence-corrected chi connectivity index (χ1v) is 12.5. The van der Waals surface area contributed by atoms with Gasteiger partial charge < -0.3 is 9.80 Å². The summed E-state index contributed by atoms with van der Waals surface area (Å²) in [5, 5.41) is 2.70. The molecular formula is C20H18Cl2N4O3S2. The van der Waals surface area contributed by atoms with Gasteiger partial charge in [0.15, 0.2) is 5.13 Å². The van der Waals surface area contributed by atoms with Gasteiger partial charge in [0.2, 0.25) is 0 Å². The van der Waals surface area contributed by atoms with Gasteiger partial charge in [-0.2, -0.15) is 0 Å². The van der Waals surface area contributed by atoms with Crippen LogP contribution < -0.4 is 9.62 Å². The number of halogens is 2. The molecule has 31 heavy (non-hydrogen) atoms. The number of benzene rings is 2. The number of hydrogen-bond donors (Lipinski definition) is 1. The molecule has 11 heteroatoms. The van der Waals surface area contributed by atoms with Gasteiger partial charge in [-0.25, -0.2) is 13.4 Å². The molecule has 1 N–H and O–H groups in total. The van der Waals surface area contributed by atoms with E-state index in [1.807, 2.05) is 12.1 Å². The molecule has 1 aliphatic rings. The fourth-order valence-corrected chi connectivity index (χ4v) is 5.61. The Hall–Kier alpha value is -2.33. The standard InChI is InChI=1S/C20H18Cl2N4O3S2/c21-15-7-4-8-17(18(15)22)25-9-11-26(12-10-25)19(27)16-13-30-20(23-16)24-31(28,29)14-5-2-1-3-6-14/h1-8,13H,9-12H2,(H,23,24). The number of amides is 1. The van der Waals surface area contributed by atoms with Gasteiger partial charge in [-0.05, 0) is 24.3 Å². The zero-order valence-corrected chi connectivity index (χ0v) is 19.3. The molecule has 7 nitrogen and oxygen atoms in total. The predicted molar refractivity (Wildman–Crippen MR) is 124 cm³/mol. The average Bonchev–Trinajstić information content (AvgIpc) is 3.24. The van der Waals surface area contributed by atoms with Crippen molar-refractivity contribution in [3.05, 3.63) is 69.7 Å². The van der Waals surface area contributed by atoms with Crippen molar-refractivity contribution in [2.45, 2.75) is 4.90 Å². The van der Waals surface area contributed by atoms with E-state index in [4.69, 9.17) is 23.2 Å². The molecule has 0 aliphatic carbocycles. The molecule has 0 spiro atoms. The number of carbonyl (C=O) groups is 1. The van der Waals surface area contributed by atoms with Crippen LogP contribution in [0.2, 0.25) is 10.0 Å². The number of aromatic nitrogens is 1. The summed E-state index contributed by atoms with van der Waals surface area (Å²) < 4.78 is 27.3. The number of rotatable bonds is 5. The van der Waals surface area contributed by atoms with Crippen molar-refractivity contribution < 1.29 is 13.2 Å². The van der Waals surface area contributed by atoms with Gasteiger partial charge in [0.05, 0.1) is 20.6 Å². The van der Waals surface area contributed by atoms with Crippen molar-refractivity contribution in [3.8, 4) is 0 Å². The third kappa shape index (κ3) is 4.79. The molecule has 0 unspecified atom stereocenters. The highest BCUT2D eigenvalue weighted by molar-refractivity contribution is 7.93. The van der Waals surface area contributed by atoms with Gasteiger partial charge >= 0.3 is 0 Å². The van der Waals surface area contributed by atoms with Crippen LogP contribution in [-0.4, -0.2) is 50.4 Å². The van der Waals surface area contributed by atoms with Gasteiger partial charge in [-0.3, -0.25) is 9.52 Å². The molecule has 1 fully saturated rings. The Bertz CT molecular complexity index is 1190. The maximum absolute atomic E-state index is 12.8. The second-order valence-corrected chi connectivity index (χ2v) is 10.1. The lowest BCUT2D eigenvalue weighted by Gasteiger charge is -2.36. The van der Waals surface area contributed by atoms with Crippen LogP contribution in [0.1, 0.15) is 10.5 Å². The fourth-order valence-electron chi connectivity index (χ4n) is 3.24. The van der Waals surface area contributed by atoms with Crippen LogP contribution in [0.5, 0.6) is 0 Å². The van der Waals surface area contributed by atoms with Crippen LogP contribution in [0.4, 0.5) is 10.8 Å². The highest BCUT2D eigenvalue weighted by Crippen LogP contribution is 2.33. The van der Waals surface area contributed by atoms with Crippen LogP contribution in [0.3, 0.4) is 0 Å². The van der Waals surface area contributed by atoms with E-state index in [2.05, 4.69) is 14.6 Å². The lowest BCUT2D eigenvalue weighted by molar-refractivity contribution is 0.0742. The average molecular weight is 497 g/mol. The number of sulfonamides is 1. The van der Waals surface area contributed by atoms with E-state index in [1.54, 1.807) is 34.5 Å². The monoisotopic (exact) mass is 496 g/mol. The Morgan fingerprint density at radius 2 is 1.71 bits per heavy atom. The Morgan fingerprint density at radius 1 is 1.00 bits per heavy atom. The molecule has 4 rings (SSSR count). The minimum absolute atomic E-state index is 0.133. The van der Waals surface area contributed by atoms with Crippen LogP contribution >= 0.6 is 34.5 Å². The molecule has 3 aromatic rings. The first-order valence-electron chi connectivity index (χ1n) is 9.37. The van der Waals surface area contributed by atoms with E-state index in [-0.39, 0.29) is 21.6 Å². The molecule has 162 valence electrons. The summed E-state index contributed by atoms with van der Waals surface area (Å²) in [5.74, 6) is -0.238. The zero-order chi connectivity index (χ0) is 22.0. The molecule has 0 bridgehead atoms. The number of nitrogens with one attached hydrogen (secondary N) is 1. The van der Waals surface area contributed by atoms with Crippen molar-refractivity contribution in [3.63, 3.8) is 0 Å². The summed E-state index contributed by atoms with van der Waals surface area (Å²) in [4.78, 5) is 20.9. The van der Waals surface area contributed by atoms with E-state index in [1.165, 1.54) is 12.1 Å². The topological polar surface area (TPSA) is 82.6 Å². The third-order valence-electron chi connectivity index (χ3n) is 4.84. The number of anilines is 2. The molecule has 1 aromatic heterocycles.